The van der Waals surface area contributed by atoms with E-state index in [0.717, 1.165) is 27.7 Å². The molecule has 26 heteroatoms. The number of carbonyl (C=O) groups excluding carboxylic acids is 6. The van der Waals surface area contributed by atoms with Gasteiger partial charge in [-0.05, 0) is 75.9 Å². The van der Waals surface area contributed by atoms with E-state index in [-0.39, 0.29) is 103 Å². The van der Waals surface area contributed by atoms with Gasteiger partial charge in [0.1, 0.15) is 46.8 Å². The molecule has 0 aliphatic carbocycles. The van der Waals surface area contributed by atoms with Gasteiger partial charge < -0.3 is 78.2 Å². The number of fused-ring (bicyclic) bond motifs is 6. The lowest BCUT2D eigenvalue weighted by atomic mass is 9.83. The van der Waals surface area contributed by atoms with E-state index in [9.17, 15) is 44.1 Å². The number of para-hydroxylation sites is 1. The zero-order valence-electron chi connectivity index (χ0n) is 50.8. The molecule has 2 aromatic carbocycles. The van der Waals surface area contributed by atoms with Crippen LogP contribution < -0.4 is 31.0 Å². The number of epoxide rings is 1. The maximum atomic E-state index is 14.3. The number of ether oxygens (including phenoxy) is 8. The highest BCUT2D eigenvalue weighted by molar-refractivity contribution is 6.35. The highest BCUT2D eigenvalue weighted by atomic mass is 35.5. The maximum Gasteiger partial charge on any atom is 0.409 e. The normalized spacial score (nSPS) is 24.1. The molecular weight excluding hydrogens is 1140 g/mol. The van der Waals surface area contributed by atoms with E-state index >= 15 is 0 Å². The second-order valence-corrected chi connectivity index (χ2v) is 22.4. The Labute approximate surface area is 507 Å². The Morgan fingerprint density at radius 2 is 1.65 bits per heavy atom. The molecule has 5 amide bonds. The summed E-state index contributed by atoms with van der Waals surface area (Å²) >= 11 is 6.79. The Bertz CT molecular complexity index is 2850. The van der Waals surface area contributed by atoms with Crippen LogP contribution in [0.15, 0.2) is 66.3 Å². The third-order valence-corrected chi connectivity index (χ3v) is 16.1. The summed E-state index contributed by atoms with van der Waals surface area (Å²) in [6.07, 6.45) is -0.891. The predicted octanol–water partition coefficient (Wildman–Crippen LogP) is 2.91. The Morgan fingerprint density at radius 1 is 0.977 bits per heavy atom. The minimum atomic E-state index is -2.10. The number of amides is 5. The Hall–Kier alpha value is -6.23. The molecule has 1 unspecified atom stereocenters. The van der Waals surface area contributed by atoms with Gasteiger partial charge in [-0.2, -0.15) is 0 Å². The lowest BCUT2D eigenvalue weighted by Gasteiger charge is -2.41. The molecule has 476 valence electrons. The molecule has 2 saturated heterocycles. The van der Waals surface area contributed by atoms with Crippen molar-refractivity contribution in [2.75, 3.05) is 106 Å². The van der Waals surface area contributed by atoms with Crippen molar-refractivity contribution < 1.29 is 82.0 Å². The number of nitrogens with one attached hydrogen (secondary N) is 4. The topological polar surface area (TPSA) is 303 Å². The number of rotatable bonds is 29. The number of hydrazine groups is 1. The largest absolute Gasteiger partial charge is 0.495 e. The van der Waals surface area contributed by atoms with Crippen molar-refractivity contribution in [1.82, 2.24) is 35.9 Å². The summed E-state index contributed by atoms with van der Waals surface area (Å²) in [5.74, 6) is -2.78. The maximum absolute atomic E-state index is 14.3. The molecular formula is C60H87ClN8O17. The van der Waals surface area contributed by atoms with E-state index < -0.39 is 89.9 Å². The lowest BCUT2D eigenvalue weighted by molar-refractivity contribution is -0.162. The molecule has 6 rings (SSSR count). The molecule has 2 fully saturated rings. The summed E-state index contributed by atoms with van der Waals surface area (Å²) in [7, 11) is 8.22. The number of alkyl carbamates (subject to hydrolysis) is 1. The standard InChI is InChI=1S/C60H87ClN8O17/c1-38-13-12-16-49(71)60(78)36-48(84-58(77)65-60)39(2)55-59(4,86-55)50(35-53(74)68(8)46-32-41(31-38)33-47(79-9)54(46)61)85-57(76)40(3)67(7)52(73)19-23-80-25-27-82-29-30-83-28-26-81-24-20-63-56(75)44(18-22-70)64-51(72)17-21-69-43(37-66(6)62-5)34-42-14-10-11-15-45(42)69/h10-16,32-34,39-40,44,48-50,55,62,70-71,78H,17-31,35-37H2,1-9H3,(H,63,75)(H,64,72)(H,65,77)/b16-12+,38-13+/t39-,40+,44+,48+,49-,50+,55?,59+,60+/m1/s1. The van der Waals surface area contributed by atoms with Gasteiger partial charge in [-0.1, -0.05) is 60.5 Å². The van der Waals surface area contributed by atoms with Crippen molar-refractivity contribution in [2.45, 2.75) is 127 Å². The molecule has 9 atom stereocenters. The number of anilines is 1. The van der Waals surface area contributed by atoms with Gasteiger partial charge in [-0.15, -0.1) is 0 Å². The van der Waals surface area contributed by atoms with E-state index in [0.29, 0.717) is 30.9 Å². The summed E-state index contributed by atoms with van der Waals surface area (Å²) in [5.41, 5.74) is 3.63. The van der Waals surface area contributed by atoms with Gasteiger partial charge >= 0.3 is 12.1 Å². The number of aliphatic hydroxyl groups is 3. The quantitative estimate of drug-likeness (QED) is 0.0228. The molecule has 3 aliphatic heterocycles. The Morgan fingerprint density at radius 3 is 2.33 bits per heavy atom. The van der Waals surface area contributed by atoms with Crippen molar-refractivity contribution in [2.24, 2.45) is 5.92 Å². The number of allylic oxidation sites excluding steroid dienone is 3. The van der Waals surface area contributed by atoms with E-state index in [4.69, 9.17) is 49.5 Å². The van der Waals surface area contributed by atoms with Crippen molar-refractivity contribution in [3.8, 4) is 5.75 Å². The first-order valence-corrected chi connectivity index (χ1v) is 29.4. The van der Waals surface area contributed by atoms with Crippen LogP contribution in [0.2, 0.25) is 5.02 Å². The van der Waals surface area contributed by atoms with Crippen molar-refractivity contribution >= 4 is 63.9 Å². The minimum Gasteiger partial charge on any atom is -0.495 e. The number of hydrogen-bond donors (Lipinski definition) is 7. The summed E-state index contributed by atoms with van der Waals surface area (Å²) in [4.78, 5) is 83.0. The van der Waals surface area contributed by atoms with Crippen molar-refractivity contribution in [3.63, 3.8) is 0 Å². The van der Waals surface area contributed by atoms with E-state index in [1.807, 2.05) is 50.3 Å². The average Bonchev–Trinajstić information content (AvgIpc) is 1.58. The van der Waals surface area contributed by atoms with Crippen LogP contribution in [-0.4, -0.2) is 215 Å². The molecule has 0 saturated carbocycles. The second kappa shape index (κ2) is 32.7. The smallest absolute Gasteiger partial charge is 0.409 e. The van der Waals surface area contributed by atoms with Gasteiger partial charge in [0.15, 0.2) is 5.72 Å². The molecule has 3 aliphatic rings. The van der Waals surface area contributed by atoms with Gasteiger partial charge in [-0.3, -0.25) is 29.9 Å². The number of aryl methyl sites for hydroxylation is 1. The Balaban J connectivity index is 0.888. The average molecular weight is 1230 g/mol. The van der Waals surface area contributed by atoms with Crippen LogP contribution >= 0.6 is 11.6 Å². The number of halogens is 1. The van der Waals surface area contributed by atoms with Gasteiger partial charge in [0.25, 0.3) is 0 Å². The van der Waals surface area contributed by atoms with Gasteiger partial charge in [0, 0.05) is 70.8 Å². The fourth-order valence-corrected chi connectivity index (χ4v) is 10.6. The third-order valence-electron chi connectivity index (χ3n) is 15.7. The van der Waals surface area contributed by atoms with Crippen LogP contribution in [0.5, 0.6) is 5.75 Å². The molecule has 3 aromatic rings. The summed E-state index contributed by atoms with van der Waals surface area (Å²) in [5, 5.41) is 43.3. The number of benzene rings is 2. The third kappa shape index (κ3) is 18.9. The number of aromatic nitrogens is 1. The van der Waals surface area contributed by atoms with Crippen LogP contribution in [0, 0.1) is 5.92 Å². The molecule has 25 nitrogen and oxygen atoms in total. The number of methoxy groups -OCH3 is 1. The van der Waals surface area contributed by atoms with Gasteiger partial charge in [0.2, 0.25) is 23.6 Å². The number of esters is 1. The molecule has 4 bridgehead atoms. The second-order valence-electron chi connectivity index (χ2n) is 22.0. The van der Waals surface area contributed by atoms with Gasteiger partial charge in [-0.25, -0.2) is 14.6 Å². The lowest BCUT2D eigenvalue weighted by Crippen LogP contribution is -2.63. The first kappa shape index (κ1) is 68.9. The van der Waals surface area contributed by atoms with Gasteiger partial charge in [0.05, 0.1) is 91.1 Å². The number of hydrogen-bond acceptors (Lipinski definition) is 19. The highest BCUT2D eigenvalue weighted by Gasteiger charge is 2.64. The zero-order chi connectivity index (χ0) is 62.7. The molecule has 4 heterocycles. The fourth-order valence-electron chi connectivity index (χ4n) is 10.3. The van der Waals surface area contributed by atoms with Crippen molar-refractivity contribution in [1.29, 1.82) is 0 Å². The Kier molecular flexibility index (Phi) is 26.2. The summed E-state index contributed by atoms with van der Waals surface area (Å²) < 4.78 is 48.0. The number of carbonyl (C=O) groups is 6. The highest BCUT2D eigenvalue weighted by Crippen LogP contribution is 2.49. The van der Waals surface area contributed by atoms with Crippen molar-refractivity contribution in [3.05, 3.63) is 82.5 Å². The number of likely N-dealkylation sites (N-methyl/N-ethyl adjacent to an activating group) is 1. The van der Waals surface area contributed by atoms with Crippen LogP contribution in [0.1, 0.15) is 71.1 Å². The summed E-state index contributed by atoms with van der Waals surface area (Å²) in [6.45, 7) is 9.41. The van der Waals surface area contributed by atoms with Crippen LogP contribution in [0.4, 0.5) is 10.5 Å². The van der Waals surface area contributed by atoms with Crippen LogP contribution in [-0.2, 0) is 76.6 Å². The predicted molar refractivity (Wildman–Crippen MR) is 318 cm³/mol. The van der Waals surface area contributed by atoms with Crippen LogP contribution in [0.25, 0.3) is 10.9 Å². The number of aliphatic hydroxyl groups excluding tert-OH is 2. The molecule has 7 N–H and O–H groups in total. The zero-order valence-corrected chi connectivity index (χ0v) is 51.5. The summed E-state index contributed by atoms with van der Waals surface area (Å²) in [6, 6.07) is 11.5. The minimum absolute atomic E-state index is 0.0334. The first-order chi connectivity index (χ1) is 41.0. The van der Waals surface area contributed by atoms with E-state index in [1.165, 1.54) is 44.0 Å². The molecule has 0 radical (unpaired) electrons. The molecule has 86 heavy (non-hydrogen) atoms. The SMILES string of the molecule is CNN(C)Cc1cc2ccccc2n1CCC(=O)N[C@@H](CCO)C(=O)NCCOCCOCCOCCOCCC(=O)N(C)[C@@H](C)C(=O)O[C@H]1CC(=O)N(C)c2cc(cc(OC)c2Cl)C/C(C)=C/C=C/[C@@H](O)[C@@]2(O)C[C@H](OC(=O)N2)[C@@H](C)C2O[C@]21C. The van der Waals surface area contributed by atoms with Crippen LogP contribution in [0.3, 0.4) is 0 Å². The number of nitrogens with zero attached hydrogens (tertiary/aromatic N) is 4. The van der Waals surface area contributed by atoms with E-state index in [2.05, 4.69) is 32.0 Å². The molecule has 1 aromatic heterocycles. The first-order valence-electron chi connectivity index (χ1n) is 29.0. The fraction of sp³-hybridized carbons (Fsp3) is 0.600. The monoisotopic (exact) mass is 1230 g/mol. The van der Waals surface area contributed by atoms with E-state index in [1.54, 1.807) is 38.1 Å². The molecule has 0 spiro atoms.